The molecule has 26 heavy (non-hydrogen) atoms. The van der Waals surface area contributed by atoms with Crippen LogP contribution in [0.3, 0.4) is 0 Å². The molecule has 0 atom stereocenters. The summed E-state index contributed by atoms with van der Waals surface area (Å²) in [6.45, 7) is 5.47. The summed E-state index contributed by atoms with van der Waals surface area (Å²) in [4.78, 5) is 0. The highest BCUT2D eigenvalue weighted by Gasteiger charge is 2.13. The van der Waals surface area contributed by atoms with Gasteiger partial charge in [0.2, 0.25) is 0 Å². The third kappa shape index (κ3) is 4.71. The topological polar surface area (TPSA) is 41.9 Å². The summed E-state index contributed by atoms with van der Waals surface area (Å²) in [5.41, 5.74) is 5.36. The molecule has 0 radical (unpaired) electrons. The molecule has 3 aromatic rings. The van der Waals surface area contributed by atoms with E-state index in [1.165, 1.54) is 11.1 Å². The molecule has 0 saturated heterocycles. The van der Waals surface area contributed by atoms with E-state index in [4.69, 9.17) is 12.2 Å². The molecule has 0 unspecified atom stereocenters. The lowest BCUT2D eigenvalue weighted by Crippen LogP contribution is -2.28. The maximum absolute atomic E-state index is 5.44. The smallest absolute Gasteiger partial charge is 0.171 e. The fourth-order valence-corrected chi connectivity index (χ4v) is 3.17. The van der Waals surface area contributed by atoms with E-state index in [9.17, 15) is 0 Å². The van der Waals surface area contributed by atoms with Gasteiger partial charge in [-0.1, -0.05) is 58.4 Å². The van der Waals surface area contributed by atoms with Crippen molar-refractivity contribution in [3.8, 4) is 0 Å². The average molecular weight is 429 g/mol. The summed E-state index contributed by atoms with van der Waals surface area (Å²) in [6, 6.07) is 18.5. The van der Waals surface area contributed by atoms with Gasteiger partial charge in [0, 0.05) is 11.0 Å². The fraction of sp³-hybridized carbons (Fsp3) is 0.200. The van der Waals surface area contributed by atoms with Crippen LogP contribution in [0.1, 0.15) is 22.5 Å². The average Bonchev–Trinajstić information content (AvgIpc) is 2.90. The second-order valence-corrected chi connectivity index (χ2v) is 7.45. The molecule has 134 valence electrons. The zero-order valence-electron chi connectivity index (χ0n) is 14.8. The molecule has 4 nitrogen and oxygen atoms in total. The van der Waals surface area contributed by atoms with E-state index in [0.717, 1.165) is 28.1 Å². The van der Waals surface area contributed by atoms with Crippen molar-refractivity contribution in [2.24, 2.45) is 0 Å². The van der Waals surface area contributed by atoms with Crippen LogP contribution in [0, 0.1) is 13.8 Å². The van der Waals surface area contributed by atoms with E-state index in [1.807, 2.05) is 41.9 Å². The van der Waals surface area contributed by atoms with Crippen molar-refractivity contribution in [1.29, 1.82) is 0 Å². The quantitative estimate of drug-likeness (QED) is 0.572. The van der Waals surface area contributed by atoms with Crippen LogP contribution in [0.5, 0.6) is 0 Å². The molecule has 0 amide bonds. The lowest BCUT2D eigenvalue weighted by molar-refractivity contribution is 0.659. The maximum Gasteiger partial charge on any atom is 0.171 e. The van der Waals surface area contributed by atoms with Crippen LogP contribution in [0.25, 0.3) is 0 Å². The first-order chi connectivity index (χ1) is 12.5. The molecule has 2 N–H and O–H groups in total. The standard InChI is InChI=1S/C20H21BrN4S/c1-14-19(23-20(26)22-12-16-6-4-3-5-7-16)15(2)25(24-14)13-17-8-10-18(21)11-9-17/h3-11H,12-13H2,1-2H3,(H2,22,23,26). The molecule has 0 fully saturated rings. The number of thiocarbonyl (C=S) groups is 1. The predicted molar refractivity (Wildman–Crippen MR) is 114 cm³/mol. The van der Waals surface area contributed by atoms with Crippen LogP contribution < -0.4 is 10.6 Å². The van der Waals surface area contributed by atoms with E-state index in [-0.39, 0.29) is 0 Å². The molecular formula is C20H21BrN4S. The number of hydrogen-bond donors (Lipinski definition) is 2. The second kappa shape index (κ2) is 8.47. The Labute approximate surface area is 167 Å². The molecule has 0 saturated carbocycles. The number of nitrogens with zero attached hydrogens (tertiary/aromatic N) is 2. The van der Waals surface area contributed by atoms with Crippen molar-refractivity contribution >= 4 is 38.9 Å². The van der Waals surface area contributed by atoms with E-state index >= 15 is 0 Å². The first-order valence-corrected chi connectivity index (χ1v) is 9.60. The van der Waals surface area contributed by atoms with Gasteiger partial charge in [-0.15, -0.1) is 0 Å². The number of halogens is 1. The van der Waals surface area contributed by atoms with Gasteiger partial charge in [-0.2, -0.15) is 5.10 Å². The van der Waals surface area contributed by atoms with Crippen LogP contribution in [-0.2, 0) is 13.1 Å². The van der Waals surface area contributed by atoms with Crippen molar-refractivity contribution in [3.05, 3.63) is 81.6 Å². The lowest BCUT2D eigenvalue weighted by atomic mass is 10.2. The Morgan fingerprint density at radius 3 is 2.42 bits per heavy atom. The van der Waals surface area contributed by atoms with Crippen LogP contribution in [0.4, 0.5) is 5.69 Å². The number of aromatic nitrogens is 2. The Kier molecular flexibility index (Phi) is 6.06. The number of rotatable bonds is 5. The van der Waals surface area contributed by atoms with E-state index in [2.05, 4.69) is 62.9 Å². The minimum atomic E-state index is 0.600. The van der Waals surface area contributed by atoms with E-state index < -0.39 is 0 Å². The minimum absolute atomic E-state index is 0.600. The summed E-state index contributed by atoms with van der Waals surface area (Å²) in [5, 5.41) is 11.8. The fourth-order valence-electron chi connectivity index (χ4n) is 2.73. The van der Waals surface area contributed by atoms with Gasteiger partial charge < -0.3 is 10.6 Å². The summed E-state index contributed by atoms with van der Waals surface area (Å²) in [7, 11) is 0. The highest BCUT2D eigenvalue weighted by Crippen LogP contribution is 2.21. The summed E-state index contributed by atoms with van der Waals surface area (Å²) < 4.78 is 3.08. The van der Waals surface area contributed by atoms with Gasteiger partial charge in [0.25, 0.3) is 0 Å². The van der Waals surface area contributed by atoms with Crippen molar-refractivity contribution in [2.45, 2.75) is 26.9 Å². The molecule has 0 aliphatic rings. The van der Waals surface area contributed by atoms with E-state index in [0.29, 0.717) is 11.7 Å². The molecule has 0 bridgehead atoms. The lowest BCUT2D eigenvalue weighted by Gasteiger charge is -2.11. The zero-order chi connectivity index (χ0) is 18.5. The van der Waals surface area contributed by atoms with Gasteiger partial charge in [0.05, 0.1) is 23.6 Å². The molecule has 0 spiro atoms. The Hall–Kier alpha value is -2.18. The van der Waals surface area contributed by atoms with Gasteiger partial charge in [0.1, 0.15) is 0 Å². The first kappa shape index (κ1) is 18.6. The van der Waals surface area contributed by atoms with E-state index in [1.54, 1.807) is 0 Å². The van der Waals surface area contributed by atoms with Gasteiger partial charge in [-0.25, -0.2) is 0 Å². The van der Waals surface area contributed by atoms with Gasteiger partial charge >= 0.3 is 0 Å². The van der Waals surface area contributed by atoms with Crippen LogP contribution >= 0.6 is 28.1 Å². The monoisotopic (exact) mass is 428 g/mol. The number of aryl methyl sites for hydroxylation is 1. The number of anilines is 1. The maximum atomic E-state index is 5.44. The number of hydrogen-bond acceptors (Lipinski definition) is 2. The third-order valence-corrected chi connectivity index (χ3v) is 4.94. The second-order valence-electron chi connectivity index (χ2n) is 6.12. The highest BCUT2D eigenvalue weighted by molar-refractivity contribution is 9.10. The van der Waals surface area contributed by atoms with Crippen LogP contribution in [-0.4, -0.2) is 14.9 Å². The SMILES string of the molecule is Cc1nn(Cc2ccc(Br)cc2)c(C)c1NC(=S)NCc1ccccc1. The zero-order valence-corrected chi connectivity index (χ0v) is 17.2. The number of benzene rings is 2. The summed E-state index contributed by atoms with van der Waals surface area (Å²) in [5.74, 6) is 0. The Bertz CT molecular complexity index is 888. The summed E-state index contributed by atoms with van der Waals surface area (Å²) in [6.07, 6.45) is 0. The van der Waals surface area contributed by atoms with Crippen molar-refractivity contribution in [2.75, 3.05) is 5.32 Å². The normalized spacial score (nSPS) is 10.6. The summed E-state index contributed by atoms with van der Waals surface area (Å²) >= 11 is 8.91. The predicted octanol–water partition coefficient (Wildman–Crippen LogP) is 4.80. The molecule has 2 aromatic carbocycles. The highest BCUT2D eigenvalue weighted by atomic mass is 79.9. The molecule has 3 rings (SSSR count). The molecular weight excluding hydrogens is 408 g/mol. The van der Waals surface area contributed by atoms with Crippen LogP contribution in [0.15, 0.2) is 59.1 Å². The van der Waals surface area contributed by atoms with Crippen molar-refractivity contribution in [1.82, 2.24) is 15.1 Å². The first-order valence-electron chi connectivity index (χ1n) is 8.40. The molecule has 0 aliphatic heterocycles. The Morgan fingerprint density at radius 1 is 1.04 bits per heavy atom. The van der Waals surface area contributed by atoms with Crippen LogP contribution in [0.2, 0.25) is 0 Å². The molecule has 1 heterocycles. The largest absolute Gasteiger partial charge is 0.358 e. The molecule has 0 aliphatic carbocycles. The number of nitrogens with one attached hydrogen (secondary N) is 2. The Morgan fingerprint density at radius 2 is 1.73 bits per heavy atom. The van der Waals surface area contributed by atoms with Gasteiger partial charge in [-0.05, 0) is 49.3 Å². The molecule has 6 heteroatoms. The Balaban J connectivity index is 1.65. The van der Waals surface area contributed by atoms with Crippen molar-refractivity contribution in [3.63, 3.8) is 0 Å². The van der Waals surface area contributed by atoms with Gasteiger partial charge in [-0.3, -0.25) is 4.68 Å². The van der Waals surface area contributed by atoms with Crippen molar-refractivity contribution < 1.29 is 0 Å². The third-order valence-electron chi connectivity index (χ3n) is 4.16. The van der Waals surface area contributed by atoms with Gasteiger partial charge in [0.15, 0.2) is 5.11 Å². The molecule has 1 aromatic heterocycles. The minimum Gasteiger partial charge on any atom is -0.358 e.